The van der Waals surface area contributed by atoms with Crippen LogP contribution in [0.2, 0.25) is 0 Å². The van der Waals surface area contributed by atoms with Crippen LogP contribution in [0.1, 0.15) is 5.56 Å². The van der Waals surface area contributed by atoms with Gasteiger partial charge in [0.05, 0.1) is 6.61 Å². The topological polar surface area (TPSA) is 9.23 Å². The molecule has 1 aromatic carbocycles. The van der Waals surface area contributed by atoms with Gasteiger partial charge in [0.25, 0.3) is 0 Å². The highest BCUT2D eigenvalue weighted by atomic mass is 79.9. The maximum atomic E-state index is 5.00. The predicted molar refractivity (Wildman–Crippen MR) is 52.6 cm³/mol. The minimum atomic E-state index is 0.647. The van der Waals surface area contributed by atoms with E-state index >= 15 is 0 Å². The van der Waals surface area contributed by atoms with Crippen molar-refractivity contribution in [2.75, 3.05) is 7.11 Å². The van der Waals surface area contributed by atoms with Crippen LogP contribution in [0.4, 0.5) is 0 Å². The van der Waals surface area contributed by atoms with Crippen LogP contribution >= 0.6 is 31.9 Å². The van der Waals surface area contributed by atoms with E-state index in [2.05, 4.69) is 31.9 Å². The van der Waals surface area contributed by atoms with E-state index in [0.29, 0.717) is 6.61 Å². The van der Waals surface area contributed by atoms with Crippen molar-refractivity contribution in [2.24, 2.45) is 0 Å². The molecule has 1 aromatic rings. The Bertz CT molecular complexity index is 248. The number of hydrogen-bond donors (Lipinski definition) is 0. The van der Waals surface area contributed by atoms with Crippen LogP contribution in [0.5, 0.6) is 0 Å². The number of rotatable bonds is 2. The summed E-state index contributed by atoms with van der Waals surface area (Å²) in [5.74, 6) is 0. The summed E-state index contributed by atoms with van der Waals surface area (Å²) in [4.78, 5) is 0. The van der Waals surface area contributed by atoms with Gasteiger partial charge in [-0.3, -0.25) is 0 Å². The van der Waals surface area contributed by atoms with Crippen molar-refractivity contribution in [3.63, 3.8) is 0 Å². The molecule has 0 N–H and O–H groups in total. The fourth-order valence-electron chi connectivity index (χ4n) is 0.794. The van der Waals surface area contributed by atoms with Gasteiger partial charge in [0.2, 0.25) is 0 Å². The maximum absolute atomic E-state index is 5.00. The molecule has 0 aromatic heterocycles. The van der Waals surface area contributed by atoms with Gasteiger partial charge in [0.1, 0.15) is 0 Å². The number of hydrogen-bond acceptors (Lipinski definition) is 1. The van der Waals surface area contributed by atoms with Gasteiger partial charge in [-0.05, 0) is 17.7 Å². The van der Waals surface area contributed by atoms with Crippen LogP contribution < -0.4 is 0 Å². The molecule has 1 rings (SSSR count). The SMILES string of the molecule is COCc1ccc(Br)cc1Br. The van der Waals surface area contributed by atoms with Crippen LogP contribution in [0.15, 0.2) is 27.1 Å². The van der Waals surface area contributed by atoms with Crippen LogP contribution in [-0.4, -0.2) is 7.11 Å². The molecule has 1 nitrogen and oxygen atoms in total. The molecule has 0 unspecified atom stereocenters. The van der Waals surface area contributed by atoms with Gasteiger partial charge in [-0.25, -0.2) is 0 Å². The fraction of sp³-hybridized carbons (Fsp3) is 0.250. The standard InChI is InChI=1S/C8H8Br2O/c1-11-5-6-2-3-7(9)4-8(6)10/h2-4H,5H2,1H3. The third-order valence-corrected chi connectivity index (χ3v) is 2.55. The summed E-state index contributed by atoms with van der Waals surface area (Å²) in [6.45, 7) is 0.647. The first-order valence-electron chi connectivity index (χ1n) is 3.17. The molecule has 0 aliphatic heterocycles. The minimum Gasteiger partial charge on any atom is -0.380 e. The van der Waals surface area contributed by atoms with E-state index in [9.17, 15) is 0 Å². The van der Waals surface area contributed by atoms with E-state index in [0.717, 1.165) is 14.5 Å². The first kappa shape index (κ1) is 9.23. The second kappa shape index (κ2) is 4.24. The monoisotopic (exact) mass is 278 g/mol. The normalized spacial score (nSPS) is 10.1. The van der Waals surface area contributed by atoms with Gasteiger partial charge in [-0.2, -0.15) is 0 Å². The molecule has 0 aliphatic carbocycles. The van der Waals surface area contributed by atoms with Gasteiger partial charge in [0, 0.05) is 16.1 Å². The zero-order valence-corrected chi connectivity index (χ0v) is 9.28. The Morgan fingerprint density at radius 1 is 1.36 bits per heavy atom. The third-order valence-electron chi connectivity index (χ3n) is 1.31. The molecule has 0 bridgehead atoms. The molecule has 60 valence electrons. The first-order chi connectivity index (χ1) is 5.24. The third kappa shape index (κ3) is 2.58. The molecule has 0 saturated heterocycles. The fourth-order valence-corrected chi connectivity index (χ4v) is 1.96. The summed E-state index contributed by atoms with van der Waals surface area (Å²) in [5, 5.41) is 0. The molecule has 0 atom stereocenters. The lowest BCUT2D eigenvalue weighted by atomic mass is 10.2. The van der Waals surface area contributed by atoms with Crippen molar-refractivity contribution in [2.45, 2.75) is 6.61 Å². The van der Waals surface area contributed by atoms with Crippen molar-refractivity contribution < 1.29 is 4.74 Å². The van der Waals surface area contributed by atoms with Crippen molar-refractivity contribution in [1.29, 1.82) is 0 Å². The molecular weight excluding hydrogens is 272 g/mol. The summed E-state index contributed by atoms with van der Waals surface area (Å²) in [7, 11) is 1.69. The smallest absolute Gasteiger partial charge is 0.0724 e. The lowest BCUT2D eigenvalue weighted by molar-refractivity contribution is 0.184. The highest BCUT2D eigenvalue weighted by molar-refractivity contribution is 9.11. The molecule has 11 heavy (non-hydrogen) atoms. The second-order valence-electron chi connectivity index (χ2n) is 2.17. The van der Waals surface area contributed by atoms with E-state index in [4.69, 9.17) is 4.74 Å². The Morgan fingerprint density at radius 2 is 2.09 bits per heavy atom. The molecule has 0 saturated carbocycles. The number of benzene rings is 1. The summed E-state index contributed by atoms with van der Waals surface area (Å²) in [6, 6.07) is 6.03. The highest BCUT2D eigenvalue weighted by Gasteiger charge is 1.98. The van der Waals surface area contributed by atoms with E-state index in [1.165, 1.54) is 0 Å². The Labute approximate surface area is 83.0 Å². The van der Waals surface area contributed by atoms with E-state index in [1.807, 2.05) is 18.2 Å². The van der Waals surface area contributed by atoms with E-state index in [-0.39, 0.29) is 0 Å². The zero-order chi connectivity index (χ0) is 8.27. The Morgan fingerprint density at radius 3 is 2.64 bits per heavy atom. The first-order valence-corrected chi connectivity index (χ1v) is 4.75. The summed E-state index contributed by atoms with van der Waals surface area (Å²) >= 11 is 6.81. The van der Waals surface area contributed by atoms with Crippen LogP contribution in [0.25, 0.3) is 0 Å². The molecule has 0 radical (unpaired) electrons. The van der Waals surface area contributed by atoms with Gasteiger partial charge < -0.3 is 4.74 Å². The van der Waals surface area contributed by atoms with Crippen molar-refractivity contribution in [3.05, 3.63) is 32.7 Å². The van der Waals surface area contributed by atoms with Crippen molar-refractivity contribution in [3.8, 4) is 0 Å². The van der Waals surface area contributed by atoms with Crippen LogP contribution in [0, 0.1) is 0 Å². The minimum absolute atomic E-state index is 0.647. The molecule has 0 aliphatic rings. The average molecular weight is 280 g/mol. The van der Waals surface area contributed by atoms with Gasteiger partial charge in [-0.15, -0.1) is 0 Å². The number of methoxy groups -OCH3 is 1. The molecule has 0 amide bonds. The van der Waals surface area contributed by atoms with E-state index in [1.54, 1.807) is 7.11 Å². The molecule has 0 spiro atoms. The number of ether oxygens (including phenoxy) is 1. The average Bonchev–Trinajstić information content (AvgIpc) is 1.95. The van der Waals surface area contributed by atoms with Crippen LogP contribution in [0.3, 0.4) is 0 Å². The quantitative estimate of drug-likeness (QED) is 0.807. The number of halogens is 2. The van der Waals surface area contributed by atoms with Gasteiger partial charge >= 0.3 is 0 Å². The van der Waals surface area contributed by atoms with Crippen LogP contribution in [-0.2, 0) is 11.3 Å². The lowest BCUT2D eigenvalue weighted by Gasteiger charge is -2.02. The maximum Gasteiger partial charge on any atom is 0.0724 e. The Hall–Kier alpha value is 0.140. The predicted octanol–water partition coefficient (Wildman–Crippen LogP) is 3.36. The molecule has 0 fully saturated rings. The Balaban J connectivity index is 2.90. The van der Waals surface area contributed by atoms with E-state index < -0.39 is 0 Å². The van der Waals surface area contributed by atoms with Crippen molar-refractivity contribution in [1.82, 2.24) is 0 Å². The molecule has 0 heterocycles. The van der Waals surface area contributed by atoms with Gasteiger partial charge in [0.15, 0.2) is 0 Å². The summed E-state index contributed by atoms with van der Waals surface area (Å²) in [5.41, 5.74) is 1.16. The summed E-state index contributed by atoms with van der Waals surface area (Å²) in [6.07, 6.45) is 0. The largest absolute Gasteiger partial charge is 0.380 e. The van der Waals surface area contributed by atoms with Gasteiger partial charge in [-0.1, -0.05) is 37.9 Å². The Kier molecular flexibility index (Phi) is 3.55. The van der Waals surface area contributed by atoms with Crippen molar-refractivity contribution >= 4 is 31.9 Å². The second-order valence-corrected chi connectivity index (χ2v) is 3.94. The zero-order valence-electron chi connectivity index (χ0n) is 6.10. The highest BCUT2D eigenvalue weighted by Crippen LogP contribution is 2.22. The molecule has 3 heteroatoms. The summed E-state index contributed by atoms with van der Waals surface area (Å²) < 4.78 is 7.15. The lowest BCUT2D eigenvalue weighted by Crippen LogP contribution is -1.87. The molecular formula is C8H8Br2O.